The number of amides is 1. The Labute approximate surface area is 192 Å². The van der Waals surface area contributed by atoms with Gasteiger partial charge in [-0.15, -0.1) is 0 Å². The Hall–Kier alpha value is -3.78. The summed E-state index contributed by atoms with van der Waals surface area (Å²) in [6.07, 6.45) is 5.43. The molecular formula is C25H27N7O. The lowest BCUT2D eigenvalue weighted by Crippen LogP contribution is -2.37. The molecule has 2 atom stereocenters. The average molecular weight is 442 g/mol. The monoisotopic (exact) mass is 441 g/mol. The van der Waals surface area contributed by atoms with Crippen molar-refractivity contribution in [3.8, 4) is 5.82 Å². The van der Waals surface area contributed by atoms with Gasteiger partial charge in [-0.2, -0.15) is 4.98 Å². The summed E-state index contributed by atoms with van der Waals surface area (Å²) in [6, 6.07) is 17.8. The third-order valence-corrected chi connectivity index (χ3v) is 6.17. The van der Waals surface area contributed by atoms with Crippen LogP contribution in [0.3, 0.4) is 0 Å². The summed E-state index contributed by atoms with van der Waals surface area (Å²) in [6.45, 7) is 3.04. The number of hydrogen-bond donors (Lipinski definition) is 2. The summed E-state index contributed by atoms with van der Waals surface area (Å²) in [4.78, 5) is 28.3. The summed E-state index contributed by atoms with van der Waals surface area (Å²) in [7, 11) is 1.99. The molecular weight excluding hydrogens is 414 g/mol. The van der Waals surface area contributed by atoms with Crippen molar-refractivity contribution in [1.29, 1.82) is 0 Å². The zero-order valence-corrected chi connectivity index (χ0v) is 18.8. The molecule has 1 aliphatic rings. The first kappa shape index (κ1) is 21.1. The molecule has 8 heteroatoms. The van der Waals surface area contributed by atoms with Gasteiger partial charge < -0.3 is 10.6 Å². The van der Waals surface area contributed by atoms with E-state index in [-0.39, 0.29) is 18.0 Å². The fourth-order valence-corrected chi connectivity index (χ4v) is 4.31. The summed E-state index contributed by atoms with van der Waals surface area (Å²) >= 11 is 0. The highest BCUT2D eigenvalue weighted by molar-refractivity contribution is 5.96. The number of carbonyl (C=O) groups is 1. The van der Waals surface area contributed by atoms with Crippen LogP contribution < -0.4 is 10.6 Å². The highest BCUT2D eigenvalue weighted by Crippen LogP contribution is 2.23. The van der Waals surface area contributed by atoms with Crippen molar-refractivity contribution >= 4 is 28.6 Å². The summed E-state index contributed by atoms with van der Waals surface area (Å²) < 4.78 is 1.92. The minimum atomic E-state index is -0.0662. The first-order valence-corrected chi connectivity index (χ1v) is 11.2. The predicted octanol–water partition coefficient (Wildman–Crippen LogP) is 4.02. The second kappa shape index (κ2) is 8.99. The number of hydrogen-bond acceptors (Lipinski definition) is 6. The topological polar surface area (TPSA) is 88.0 Å². The van der Waals surface area contributed by atoms with E-state index in [0.717, 1.165) is 47.5 Å². The van der Waals surface area contributed by atoms with Crippen LogP contribution in [0.4, 0.5) is 11.6 Å². The Bertz CT molecular complexity index is 1270. The van der Waals surface area contributed by atoms with Gasteiger partial charge in [-0.1, -0.05) is 30.3 Å². The molecule has 4 aromatic rings. The number of likely N-dealkylation sites (tertiary alicyclic amines) is 1. The molecule has 0 aliphatic carbocycles. The van der Waals surface area contributed by atoms with Crippen LogP contribution in [0.25, 0.3) is 16.9 Å². The molecule has 5 rings (SSSR count). The highest BCUT2D eigenvalue weighted by atomic mass is 16.2. The van der Waals surface area contributed by atoms with Crippen LogP contribution >= 0.6 is 0 Å². The molecule has 1 unspecified atom stereocenters. The maximum atomic E-state index is 12.6. The van der Waals surface area contributed by atoms with E-state index in [4.69, 9.17) is 0 Å². The largest absolute Gasteiger partial charge is 0.348 e. The second-order valence-corrected chi connectivity index (χ2v) is 8.46. The minimum absolute atomic E-state index is 0.0350. The molecule has 168 valence electrons. The average Bonchev–Trinajstić information content (AvgIpc) is 3.45. The van der Waals surface area contributed by atoms with Gasteiger partial charge in [0.05, 0.1) is 23.1 Å². The third-order valence-electron chi connectivity index (χ3n) is 6.17. The van der Waals surface area contributed by atoms with Crippen LogP contribution in [0.5, 0.6) is 0 Å². The number of fused-ring (bicyclic) bond motifs is 1. The minimum Gasteiger partial charge on any atom is -0.348 e. The van der Waals surface area contributed by atoms with Crippen molar-refractivity contribution in [1.82, 2.24) is 24.4 Å². The van der Waals surface area contributed by atoms with Gasteiger partial charge in [-0.25, -0.2) is 9.97 Å². The molecule has 0 radical (unpaired) electrons. The predicted molar refractivity (Wildman–Crippen MR) is 129 cm³/mol. The SMILES string of the molecule is C[C@H](Nc1nccc(-n2cnc3cc(NC(=O)C4CCCN4C)ccc32)n1)c1ccccc1. The van der Waals surface area contributed by atoms with Gasteiger partial charge in [0.2, 0.25) is 11.9 Å². The maximum absolute atomic E-state index is 12.6. The molecule has 2 aromatic carbocycles. The second-order valence-electron chi connectivity index (χ2n) is 8.46. The van der Waals surface area contributed by atoms with Crippen LogP contribution in [0.15, 0.2) is 67.1 Å². The number of nitrogens with zero attached hydrogens (tertiary/aromatic N) is 5. The van der Waals surface area contributed by atoms with E-state index in [1.54, 1.807) is 12.5 Å². The van der Waals surface area contributed by atoms with Crippen LogP contribution in [-0.4, -0.2) is 50.0 Å². The Kier molecular flexibility index (Phi) is 5.75. The number of aromatic nitrogens is 4. The Morgan fingerprint density at radius 1 is 1.12 bits per heavy atom. The highest BCUT2D eigenvalue weighted by Gasteiger charge is 2.27. The van der Waals surface area contributed by atoms with Gasteiger partial charge in [0.15, 0.2) is 0 Å². The zero-order valence-electron chi connectivity index (χ0n) is 18.8. The molecule has 0 bridgehead atoms. The number of nitrogens with one attached hydrogen (secondary N) is 2. The molecule has 0 spiro atoms. The normalized spacial score (nSPS) is 17.2. The molecule has 2 N–H and O–H groups in total. The molecule has 1 amide bonds. The van der Waals surface area contributed by atoms with Crippen molar-refractivity contribution in [2.75, 3.05) is 24.2 Å². The quantitative estimate of drug-likeness (QED) is 0.470. The lowest BCUT2D eigenvalue weighted by Gasteiger charge is -2.18. The molecule has 1 saturated heterocycles. The van der Waals surface area contributed by atoms with Crippen molar-refractivity contribution in [2.24, 2.45) is 0 Å². The molecule has 2 aromatic heterocycles. The van der Waals surface area contributed by atoms with Gasteiger partial charge in [0.1, 0.15) is 12.1 Å². The molecule has 1 aliphatic heterocycles. The smallest absolute Gasteiger partial charge is 0.241 e. The van der Waals surface area contributed by atoms with Gasteiger partial charge in [0, 0.05) is 11.9 Å². The van der Waals surface area contributed by atoms with E-state index in [1.165, 1.54) is 0 Å². The Morgan fingerprint density at radius 3 is 2.76 bits per heavy atom. The van der Waals surface area contributed by atoms with Crippen LogP contribution in [0, 0.1) is 0 Å². The number of likely N-dealkylation sites (N-methyl/N-ethyl adjacent to an activating group) is 1. The van der Waals surface area contributed by atoms with Crippen molar-refractivity contribution in [3.63, 3.8) is 0 Å². The van der Waals surface area contributed by atoms with E-state index >= 15 is 0 Å². The lowest BCUT2D eigenvalue weighted by molar-refractivity contribution is -0.119. The number of rotatable bonds is 6. The first-order chi connectivity index (χ1) is 16.1. The third kappa shape index (κ3) is 4.42. The van der Waals surface area contributed by atoms with E-state index in [0.29, 0.717) is 5.95 Å². The van der Waals surface area contributed by atoms with Gasteiger partial charge >= 0.3 is 0 Å². The molecule has 1 fully saturated rings. The standard InChI is InChI=1S/C25H27N7O/c1-17(18-7-4-3-5-8-18)28-25-26-13-12-23(30-25)32-16-27-20-15-19(10-11-21(20)32)29-24(33)22-9-6-14-31(22)2/h3-5,7-8,10-13,15-17,22H,6,9,14H2,1-2H3,(H,29,33)(H,26,28,30)/t17-,22?/m0/s1. The first-order valence-electron chi connectivity index (χ1n) is 11.2. The Balaban J connectivity index is 1.35. The summed E-state index contributed by atoms with van der Waals surface area (Å²) in [5.74, 6) is 1.31. The summed E-state index contributed by atoms with van der Waals surface area (Å²) in [5, 5.41) is 6.40. The zero-order chi connectivity index (χ0) is 22.8. The number of anilines is 2. The molecule has 3 heterocycles. The van der Waals surface area contributed by atoms with Gasteiger partial charge in [0.25, 0.3) is 0 Å². The number of carbonyl (C=O) groups excluding carboxylic acids is 1. The van der Waals surface area contributed by atoms with E-state index in [9.17, 15) is 4.79 Å². The van der Waals surface area contributed by atoms with Gasteiger partial charge in [-0.05, 0) is 63.2 Å². The number of imidazole rings is 1. The van der Waals surface area contributed by atoms with Crippen LogP contribution in [0.1, 0.15) is 31.4 Å². The van der Waals surface area contributed by atoms with Gasteiger partial charge in [-0.3, -0.25) is 14.3 Å². The Morgan fingerprint density at radius 2 is 1.97 bits per heavy atom. The summed E-state index contributed by atoms with van der Waals surface area (Å²) in [5.41, 5.74) is 3.61. The van der Waals surface area contributed by atoms with E-state index < -0.39 is 0 Å². The number of benzene rings is 2. The van der Waals surface area contributed by atoms with E-state index in [2.05, 4.69) is 49.5 Å². The van der Waals surface area contributed by atoms with Crippen molar-refractivity contribution in [2.45, 2.75) is 31.8 Å². The van der Waals surface area contributed by atoms with Crippen LogP contribution in [-0.2, 0) is 4.79 Å². The van der Waals surface area contributed by atoms with Crippen molar-refractivity contribution in [3.05, 3.63) is 72.7 Å². The maximum Gasteiger partial charge on any atom is 0.241 e. The molecule has 0 saturated carbocycles. The van der Waals surface area contributed by atoms with Crippen molar-refractivity contribution < 1.29 is 4.79 Å². The fourth-order valence-electron chi connectivity index (χ4n) is 4.31. The van der Waals surface area contributed by atoms with Crippen LogP contribution in [0.2, 0.25) is 0 Å². The lowest BCUT2D eigenvalue weighted by atomic mass is 10.1. The fraction of sp³-hybridized carbons (Fsp3) is 0.280. The molecule has 8 nitrogen and oxygen atoms in total. The van der Waals surface area contributed by atoms with E-state index in [1.807, 2.05) is 54.1 Å². The molecule has 33 heavy (non-hydrogen) atoms.